The fraction of sp³-hybridized carbons (Fsp3) is 0.375. The quantitative estimate of drug-likeness (QED) is 0.468. The molecule has 0 aliphatic carbocycles. The van der Waals surface area contributed by atoms with E-state index >= 15 is 0 Å². The van der Waals surface area contributed by atoms with Gasteiger partial charge in [0.05, 0.1) is 6.33 Å². The number of hydrogen-bond donors (Lipinski definition) is 2. The summed E-state index contributed by atoms with van der Waals surface area (Å²) in [7, 11) is 1.79. The minimum absolute atomic E-state index is 0.770. The molecule has 1 aromatic heterocycles. The number of nitrogens with one attached hydrogen (secondary N) is 2. The second-order valence-corrected chi connectivity index (χ2v) is 5.39. The normalized spacial score (nSPS) is 11.5. The summed E-state index contributed by atoms with van der Waals surface area (Å²) < 4.78 is 2.07. The molecule has 0 amide bonds. The van der Waals surface area contributed by atoms with E-state index in [1.54, 1.807) is 13.2 Å². The lowest BCUT2D eigenvalue weighted by Crippen LogP contribution is -2.38. The van der Waals surface area contributed by atoms with Crippen molar-refractivity contribution in [3.8, 4) is 0 Å². The van der Waals surface area contributed by atoms with E-state index in [4.69, 9.17) is 11.6 Å². The van der Waals surface area contributed by atoms with Crippen LogP contribution in [0.25, 0.3) is 0 Å². The first-order valence-electron chi connectivity index (χ1n) is 7.42. The third kappa shape index (κ3) is 5.77. The van der Waals surface area contributed by atoms with Gasteiger partial charge >= 0.3 is 0 Å². The number of hydrogen-bond acceptors (Lipinski definition) is 2. The zero-order chi connectivity index (χ0) is 15.6. The van der Waals surface area contributed by atoms with E-state index < -0.39 is 0 Å². The monoisotopic (exact) mass is 319 g/mol. The number of aromatic nitrogens is 2. The third-order valence-corrected chi connectivity index (χ3v) is 3.54. The van der Waals surface area contributed by atoms with Crippen molar-refractivity contribution in [1.82, 2.24) is 20.2 Å². The Morgan fingerprint density at radius 3 is 2.68 bits per heavy atom. The summed E-state index contributed by atoms with van der Waals surface area (Å²) in [5.41, 5.74) is 1.26. The number of rotatable bonds is 7. The van der Waals surface area contributed by atoms with Crippen molar-refractivity contribution < 1.29 is 0 Å². The predicted molar refractivity (Wildman–Crippen MR) is 91.4 cm³/mol. The standard InChI is InChI=1S/C16H22ClN5/c1-18-16(20-8-2-11-22-12-10-19-13-22)21-9-7-14-3-5-15(17)6-4-14/h3-6,10,12-13H,2,7-9,11H2,1H3,(H2,18,20,21). The Labute approximate surface area is 136 Å². The van der Waals surface area contributed by atoms with E-state index in [0.717, 1.165) is 43.5 Å². The van der Waals surface area contributed by atoms with Gasteiger partial charge in [0.25, 0.3) is 0 Å². The molecule has 0 saturated carbocycles. The molecule has 2 rings (SSSR count). The maximum Gasteiger partial charge on any atom is 0.190 e. The first-order chi connectivity index (χ1) is 10.8. The molecule has 1 heterocycles. The fourth-order valence-electron chi connectivity index (χ4n) is 2.08. The summed E-state index contributed by atoms with van der Waals surface area (Å²) in [6.07, 6.45) is 7.56. The van der Waals surface area contributed by atoms with Crippen LogP contribution in [0.2, 0.25) is 5.02 Å². The molecule has 2 aromatic rings. The minimum atomic E-state index is 0.770. The van der Waals surface area contributed by atoms with Crippen molar-refractivity contribution in [2.75, 3.05) is 20.1 Å². The van der Waals surface area contributed by atoms with E-state index in [2.05, 4.69) is 25.2 Å². The molecule has 2 N–H and O–H groups in total. The molecule has 1 aromatic carbocycles. The van der Waals surface area contributed by atoms with Crippen LogP contribution in [0, 0.1) is 0 Å². The molecule has 22 heavy (non-hydrogen) atoms. The first kappa shape index (κ1) is 16.4. The topological polar surface area (TPSA) is 54.2 Å². The maximum absolute atomic E-state index is 5.88. The van der Waals surface area contributed by atoms with Crippen LogP contribution in [0.1, 0.15) is 12.0 Å². The molecule has 6 heteroatoms. The van der Waals surface area contributed by atoms with E-state index in [-0.39, 0.29) is 0 Å². The number of halogens is 1. The lowest BCUT2D eigenvalue weighted by atomic mass is 10.1. The summed E-state index contributed by atoms with van der Waals surface area (Å²) in [5.74, 6) is 0.833. The molecule has 0 bridgehead atoms. The maximum atomic E-state index is 5.88. The lowest BCUT2D eigenvalue weighted by Gasteiger charge is -2.12. The molecule has 5 nitrogen and oxygen atoms in total. The second-order valence-electron chi connectivity index (χ2n) is 4.96. The van der Waals surface area contributed by atoms with Crippen LogP contribution >= 0.6 is 11.6 Å². The molecular weight excluding hydrogens is 298 g/mol. The zero-order valence-electron chi connectivity index (χ0n) is 12.8. The van der Waals surface area contributed by atoms with Crippen LogP contribution in [0.4, 0.5) is 0 Å². The Morgan fingerprint density at radius 1 is 1.23 bits per heavy atom. The van der Waals surface area contributed by atoms with Crippen molar-refractivity contribution in [3.63, 3.8) is 0 Å². The van der Waals surface area contributed by atoms with Crippen molar-refractivity contribution in [1.29, 1.82) is 0 Å². The van der Waals surface area contributed by atoms with Crippen LogP contribution in [0.5, 0.6) is 0 Å². The van der Waals surface area contributed by atoms with Crippen LogP contribution < -0.4 is 10.6 Å². The summed E-state index contributed by atoms with van der Waals surface area (Å²) in [4.78, 5) is 8.25. The highest BCUT2D eigenvalue weighted by atomic mass is 35.5. The van der Waals surface area contributed by atoms with Gasteiger partial charge in [-0.1, -0.05) is 23.7 Å². The Morgan fingerprint density at radius 2 is 2.00 bits per heavy atom. The van der Waals surface area contributed by atoms with Gasteiger partial charge < -0.3 is 15.2 Å². The van der Waals surface area contributed by atoms with Gasteiger partial charge in [0.2, 0.25) is 0 Å². The lowest BCUT2D eigenvalue weighted by molar-refractivity contribution is 0.624. The number of imidazole rings is 1. The molecule has 118 valence electrons. The number of aliphatic imine (C=N–C) groups is 1. The van der Waals surface area contributed by atoms with Crippen molar-refractivity contribution in [3.05, 3.63) is 53.6 Å². The second kappa shape index (κ2) is 9.10. The molecule has 0 unspecified atom stereocenters. The van der Waals surface area contributed by atoms with Crippen LogP contribution in [0.3, 0.4) is 0 Å². The minimum Gasteiger partial charge on any atom is -0.356 e. The van der Waals surface area contributed by atoms with Gasteiger partial charge in [-0.25, -0.2) is 4.98 Å². The van der Waals surface area contributed by atoms with E-state index in [1.165, 1.54) is 5.56 Å². The van der Waals surface area contributed by atoms with Crippen molar-refractivity contribution >= 4 is 17.6 Å². The van der Waals surface area contributed by atoms with Gasteiger partial charge in [0, 0.05) is 44.1 Å². The van der Waals surface area contributed by atoms with Crippen molar-refractivity contribution in [2.45, 2.75) is 19.4 Å². The molecule has 0 aliphatic rings. The predicted octanol–water partition coefficient (Wildman–Crippen LogP) is 2.33. The zero-order valence-corrected chi connectivity index (χ0v) is 13.6. The molecular formula is C16H22ClN5. The van der Waals surface area contributed by atoms with Gasteiger partial charge in [0.1, 0.15) is 0 Å². The smallest absolute Gasteiger partial charge is 0.190 e. The first-order valence-corrected chi connectivity index (χ1v) is 7.80. The van der Waals surface area contributed by atoms with E-state index in [0.29, 0.717) is 0 Å². The van der Waals surface area contributed by atoms with Gasteiger partial charge in [0.15, 0.2) is 5.96 Å². The van der Waals surface area contributed by atoms with Crippen LogP contribution in [-0.4, -0.2) is 35.6 Å². The highest BCUT2D eigenvalue weighted by molar-refractivity contribution is 6.30. The van der Waals surface area contributed by atoms with Gasteiger partial charge in [-0.05, 0) is 30.5 Å². The van der Waals surface area contributed by atoms with Gasteiger partial charge in [-0.15, -0.1) is 0 Å². The SMILES string of the molecule is CN=C(NCCCn1ccnc1)NCCc1ccc(Cl)cc1. The number of aryl methyl sites for hydroxylation is 1. The number of guanidine groups is 1. The number of nitrogens with zero attached hydrogens (tertiary/aromatic N) is 3. The Hall–Kier alpha value is -2.01. The fourth-order valence-corrected chi connectivity index (χ4v) is 2.21. The van der Waals surface area contributed by atoms with E-state index in [9.17, 15) is 0 Å². The van der Waals surface area contributed by atoms with Crippen LogP contribution in [0.15, 0.2) is 48.0 Å². The molecule has 0 atom stereocenters. The summed E-state index contributed by atoms with van der Waals surface area (Å²) in [5, 5.41) is 7.39. The Balaban J connectivity index is 1.61. The average Bonchev–Trinajstić information content (AvgIpc) is 3.05. The molecule has 0 aliphatic heterocycles. The average molecular weight is 320 g/mol. The van der Waals surface area contributed by atoms with E-state index in [1.807, 2.05) is 36.8 Å². The Bertz CT molecular complexity index is 563. The van der Waals surface area contributed by atoms with Gasteiger partial charge in [-0.2, -0.15) is 0 Å². The van der Waals surface area contributed by atoms with Gasteiger partial charge in [-0.3, -0.25) is 4.99 Å². The summed E-state index contributed by atoms with van der Waals surface area (Å²) >= 11 is 5.88. The Kier molecular flexibility index (Phi) is 6.77. The largest absolute Gasteiger partial charge is 0.356 e. The molecule has 0 spiro atoms. The van der Waals surface area contributed by atoms with Crippen LogP contribution in [-0.2, 0) is 13.0 Å². The summed E-state index contributed by atoms with van der Waals surface area (Å²) in [6.45, 7) is 2.66. The third-order valence-electron chi connectivity index (χ3n) is 3.29. The molecule has 0 saturated heterocycles. The number of benzene rings is 1. The highest BCUT2D eigenvalue weighted by Gasteiger charge is 1.98. The molecule has 0 fully saturated rings. The van der Waals surface area contributed by atoms with Crippen molar-refractivity contribution in [2.24, 2.45) is 4.99 Å². The molecule has 0 radical (unpaired) electrons. The highest BCUT2D eigenvalue weighted by Crippen LogP contribution is 2.09. The summed E-state index contributed by atoms with van der Waals surface area (Å²) in [6, 6.07) is 7.93.